The van der Waals surface area contributed by atoms with Crippen LogP contribution in [0.2, 0.25) is 0 Å². The molecule has 0 amide bonds. The standard InChI is InChI=1S/C17H13FO2/c1-10-4-3-5-12-8-16(20-17(10)12)15-9-13(18)6-7-14(15)11(2)19/h3-9H,1-2H3. The Bertz CT molecular complexity index is 815. The van der Waals surface area contributed by atoms with Crippen molar-refractivity contribution in [1.82, 2.24) is 0 Å². The Balaban J connectivity index is 2.27. The van der Waals surface area contributed by atoms with Crippen LogP contribution in [0.15, 0.2) is 46.9 Å². The Morgan fingerprint density at radius 3 is 2.65 bits per heavy atom. The Morgan fingerprint density at radius 2 is 1.95 bits per heavy atom. The van der Waals surface area contributed by atoms with E-state index in [1.807, 2.05) is 31.2 Å². The smallest absolute Gasteiger partial charge is 0.160 e. The molecule has 2 nitrogen and oxygen atoms in total. The van der Waals surface area contributed by atoms with Crippen LogP contribution in [0.4, 0.5) is 4.39 Å². The highest BCUT2D eigenvalue weighted by molar-refractivity contribution is 6.01. The quantitative estimate of drug-likeness (QED) is 0.628. The van der Waals surface area contributed by atoms with Crippen LogP contribution in [-0.2, 0) is 0 Å². The monoisotopic (exact) mass is 268 g/mol. The first-order chi connectivity index (χ1) is 9.56. The van der Waals surface area contributed by atoms with E-state index in [1.165, 1.54) is 25.1 Å². The molecule has 0 radical (unpaired) electrons. The van der Waals surface area contributed by atoms with Gasteiger partial charge in [-0.1, -0.05) is 18.2 Å². The van der Waals surface area contributed by atoms with Crippen LogP contribution < -0.4 is 0 Å². The Labute approximate surface area is 115 Å². The van der Waals surface area contributed by atoms with Crippen molar-refractivity contribution in [2.45, 2.75) is 13.8 Å². The summed E-state index contributed by atoms with van der Waals surface area (Å²) >= 11 is 0. The van der Waals surface area contributed by atoms with Crippen LogP contribution in [0, 0.1) is 12.7 Å². The summed E-state index contributed by atoms with van der Waals surface area (Å²) in [5.41, 5.74) is 2.73. The molecule has 0 atom stereocenters. The molecule has 0 unspecified atom stereocenters. The number of para-hydroxylation sites is 1. The maximum Gasteiger partial charge on any atom is 0.160 e. The van der Waals surface area contributed by atoms with E-state index in [-0.39, 0.29) is 11.6 Å². The lowest BCUT2D eigenvalue weighted by Crippen LogP contribution is -1.96. The third kappa shape index (κ3) is 2.01. The molecule has 0 aliphatic carbocycles. The van der Waals surface area contributed by atoms with Gasteiger partial charge >= 0.3 is 0 Å². The number of furan rings is 1. The zero-order valence-electron chi connectivity index (χ0n) is 11.2. The number of hydrogen-bond acceptors (Lipinski definition) is 2. The van der Waals surface area contributed by atoms with Gasteiger partial charge in [-0.05, 0) is 43.7 Å². The van der Waals surface area contributed by atoms with Crippen LogP contribution in [-0.4, -0.2) is 5.78 Å². The Hall–Kier alpha value is -2.42. The fraction of sp³-hybridized carbons (Fsp3) is 0.118. The topological polar surface area (TPSA) is 30.2 Å². The highest BCUT2D eigenvalue weighted by Gasteiger charge is 2.15. The fourth-order valence-electron chi connectivity index (χ4n) is 2.37. The van der Waals surface area contributed by atoms with Gasteiger partial charge in [0.05, 0.1) is 0 Å². The van der Waals surface area contributed by atoms with Gasteiger partial charge in [-0.2, -0.15) is 0 Å². The largest absolute Gasteiger partial charge is 0.456 e. The minimum absolute atomic E-state index is 0.114. The summed E-state index contributed by atoms with van der Waals surface area (Å²) in [5.74, 6) is 0.0124. The Kier molecular flexibility index (Phi) is 2.90. The second-order valence-electron chi connectivity index (χ2n) is 4.85. The molecule has 1 aromatic heterocycles. The van der Waals surface area contributed by atoms with E-state index in [1.54, 1.807) is 0 Å². The third-order valence-corrected chi connectivity index (χ3v) is 3.37. The second-order valence-corrected chi connectivity index (χ2v) is 4.85. The predicted octanol–water partition coefficient (Wildman–Crippen LogP) is 4.75. The van der Waals surface area contributed by atoms with Gasteiger partial charge in [0.25, 0.3) is 0 Å². The summed E-state index contributed by atoms with van der Waals surface area (Å²) in [4.78, 5) is 11.7. The number of aryl methyl sites for hydroxylation is 1. The minimum atomic E-state index is -0.387. The van der Waals surface area contributed by atoms with Gasteiger partial charge in [0.15, 0.2) is 5.78 Å². The average Bonchev–Trinajstić information content (AvgIpc) is 2.83. The first-order valence-electron chi connectivity index (χ1n) is 6.36. The lowest BCUT2D eigenvalue weighted by molar-refractivity contribution is 0.101. The van der Waals surface area contributed by atoms with Crippen molar-refractivity contribution in [3.63, 3.8) is 0 Å². The molecule has 1 heterocycles. The third-order valence-electron chi connectivity index (χ3n) is 3.37. The SMILES string of the molecule is CC(=O)c1ccc(F)cc1-c1cc2cccc(C)c2o1. The van der Waals surface area contributed by atoms with E-state index in [4.69, 9.17) is 4.42 Å². The van der Waals surface area contributed by atoms with Gasteiger partial charge < -0.3 is 4.42 Å². The van der Waals surface area contributed by atoms with Crippen molar-refractivity contribution < 1.29 is 13.6 Å². The average molecular weight is 268 g/mol. The maximum absolute atomic E-state index is 13.5. The van der Waals surface area contributed by atoms with Crippen LogP contribution in [0.3, 0.4) is 0 Å². The van der Waals surface area contributed by atoms with Gasteiger partial charge in [0, 0.05) is 16.5 Å². The molecule has 3 heteroatoms. The van der Waals surface area contributed by atoms with E-state index in [9.17, 15) is 9.18 Å². The van der Waals surface area contributed by atoms with Crippen molar-refractivity contribution in [3.05, 3.63) is 59.4 Å². The lowest BCUT2D eigenvalue weighted by atomic mass is 10.0. The zero-order valence-corrected chi connectivity index (χ0v) is 11.2. The number of rotatable bonds is 2. The first-order valence-corrected chi connectivity index (χ1v) is 6.36. The van der Waals surface area contributed by atoms with Gasteiger partial charge in [-0.3, -0.25) is 4.79 Å². The van der Waals surface area contributed by atoms with Crippen molar-refractivity contribution in [2.24, 2.45) is 0 Å². The molecule has 100 valence electrons. The summed E-state index contributed by atoms with van der Waals surface area (Å²) < 4.78 is 19.3. The van der Waals surface area contributed by atoms with E-state index in [0.717, 1.165) is 16.5 Å². The van der Waals surface area contributed by atoms with Crippen LogP contribution in [0.25, 0.3) is 22.3 Å². The molecule has 3 rings (SSSR count). The molecule has 0 N–H and O–H groups in total. The molecular formula is C17H13FO2. The predicted molar refractivity (Wildman–Crippen MR) is 76.3 cm³/mol. The minimum Gasteiger partial charge on any atom is -0.456 e. The van der Waals surface area contributed by atoms with Gasteiger partial charge in [-0.25, -0.2) is 4.39 Å². The highest BCUT2D eigenvalue weighted by atomic mass is 19.1. The number of Topliss-reactive ketones (excluding diaryl/α,β-unsaturated/α-hetero) is 1. The number of carbonyl (C=O) groups is 1. The lowest BCUT2D eigenvalue weighted by Gasteiger charge is -2.04. The molecule has 0 fully saturated rings. The number of hydrogen-bond donors (Lipinski definition) is 0. The first kappa shape index (κ1) is 12.6. The molecule has 0 saturated carbocycles. The number of ketones is 1. The van der Waals surface area contributed by atoms with E-state index in [0.29, 0.717) is 16.9 Å². The molecule has 0 bridgehead atoms. The molecule has 0 saturated heterocycles. The fourth-order valence-corrected chi connectivity index (χ4v) is 2.37. The van der Waals surface area contributed by atoms with Gasteiger partial charge in [-0.15, -0.1) is 0 Å². The molecule has 2 aromatic carbocycles. The van der Waals surface area contributed by atoms with Crippen LogP contribution in [0.1, 0.15) is 22.8 Å². The molecule has 0 aliphatic heterocycles. The summed E-state index contributed by atoms with van der Waals surface area (Å²) in [6.45, 7) is 3.41. The van der Waals surface area contributed by atoms with E-state index in [2.05, 4.69) is 0 Å². The normalized spacial score (nSPS) is 10.9. The number of benzene rings is 2. The zero-order chi connectivity index (χ0) is 14.3. The number of fused-ring (bicyclic) bond motifs is 1. The number of carbonyl (C=O) groups excluding carboxylic acids is 1. The van der Waals surface area contributed by atoms with Crippen LogP contribution in [0.5, 0.6) is 0 Å². The molecule has 0 spiro atoms. The maximum atomic E-state index is 13.5. The van der Waals surface area contributed by atoms with E-state index < -0.39 is 0 Å². The summed E-state index contributed by atoms with van der Waals surface area (Å²) in [6.07, 6.45) is 0. The molecule has 0 aliphatic rings. The molecule has 20 heavy (non-hydrogen) atoms. The molecule has 3 aromatic rings. The summed E-state index contributed by atoms with van der Waals surface area (Å²) in [6, 6.07) is 11.8. The van der Waals surface area contributed by atoms with Crippen molar-refractivity contribution in [2.75, 3.05) is 0 Å². The molecular weight excluding hydrogens is 255 g/mol. The van der Waals surface area contributed by atoms with Crippen molar-refractivity contribution in [1.29, 1.82) is 0 Å². The van der Waals surface area contributed by atoms with Gasteiger partial charge in [0.2, 0.25) is 0 Å². The van der Waals surface area contributed by atoms with Crippen LogP contribution >= 0.6 is 0 Å². The van der Waals surface area contributed by atoms with E-state index >= 15 is 0 Å². The Morgan fingerprint density at radius 1 is 1.15 bits per heavy atom. The van der Waals surface area contributed by atoms with Crippen molar-refractivity contribution >= 4 is 16.8 Å². The second kappa shape index (κ2) is 4.60. The summed E-state index contributed by atoms with van der Waals surface area (Å²) in [5, 5.41) is 0.943. The summed E-state index contributed by atoms with van der Waals surface area (Å²) in [7, 11) is 0. The number of halogens is 1. The highest BCUT2D eigenvalue weighted by Crippen LogP contribution is 2.32. The van der Waals surface area contributed by atoms with Crippen molar-refractivity contribution in [3.8, 4) is 11.3 Å². The van der Waals surface area contributed by atoms with Gasteiger partial charge in [0.1, 0.15) is 17.2 Å².